The highest BCUT2D eigenvalue weighted by Crippen LogP contribution is 2.14. The van der Waals surface area contributed by atoms with Crippen LogP contribution in [0.25, 0.3) is 0 Å². The summed E-state index contributed by atoms with van der Waals surface area (Å²) in [7, 11) is 0. The lowest BCUT2D eigenvalue weighted by atomic mass is 9.99. The van der Waals surface area contributed by atoms with Gasteiger partial charge in [0.1, 0.15) is 0 Å². The largest absolute Gasteiger partial charge is 0.104 e. The van der Waals surface area contributed by atoms with Crippen LogP contribution in [0.2, 0.25) is 0 Å². The summed E-state index contributed by atoms with van der Waals surface area (Å²) in [5.74, 6) is 7.19. The van der Waals surface area contributed by atoms with Crippen LogP contribution in [-0.2, 0) is 0 Å². The fourth-order valence-electron chi connectivity index (χ4n) is 1.83. The van der Waals surface area contributed by atoms with Gasteiger partial charge in [0.05, 0.1) is 0 Å². The van der Waals surface area contributed by atoms with Crippen molar-refractivity contribution in [3.63, 3.8) is 0 Å². The van der Waals surface area contributed by atoms with Gasteiger partial charge < -0.3 is 0 Å². The van der Waals surface area contributed by atoms with Gasteiger partial charge in [-0.15, -0.1) is 11.8 Å². The Hall–Kier alpha value is -0.700. The molecule has 1 unspecified atom stereocenters. The molecule has 0 fully saturated rings. The minimum absolute atomic E-state index is 0.852. The molecule has 0 aliphatic carbocycles. The van der Waals surface area contributed by atoms with Gasteiger partial charge in [-0.2, -0.15) is 0 Å². The van der Waals surface area contributed by atoms with E-state index in [0.717, 1.165) is 18.8 Å². The molecule has 0 heterocycles. The van der Waals surface area contributed by atoms with Gasteiger partial charge in [0.25, 0.3) is 0 Å². The molecule has 0 aliphatic rings. The minimum Gasteiger partial charge on any atom is -0.104 e. The van der Waals surface area contributed by atoms with Crippen molar-refractivity contribution in [3.05, 3.63) is 12.2 Å². The van der Waals surface area contributed by atoms with Crippen molar-refractivity contribution in [2.45, 2.75) is 78.6 Å². The molecule has 0 aliphatic heterocycles. The van der Waals surface area contributed by atoms with E-state index < -0.39 is 0 Å². The Morgan fingerprint density at radius 3 is 2.53 bits per heavy atom. The lowest BCUT2D eigenvalue weighted by Gasteiger charge is -2.07. The molecule has 0 N–H and O–H groups in total. The van der Waals surface area contributed by atoms with Crippen LogP contribution in [0.3, 0.4) is 0 Å². The van der Waals surface area contributed by atoms with Crippen molar-refractivity contribution in [2.24, 2.45) is 5.92 Å². The van der Waals surface area contributed by atoms with Crippen LogP contribution in [0, 0.1) is 17.8 Å². The maximum Gasteiger partial charge on any atom is 0.00886 e. The standard InChI is InChI=1S/C17H30/c1-4-6-8-10-11-12-14-16-17(3)15-13-9-7-5-2/h9,13,17H,4-5,7,10-12,14-16H2,1-3H3. The average Bonchev–Trinajstić information content (AvgIpc) is 2.33. The van der Waals surface area contributed by atoms with E-state index in [1.54, 1.807) is 0 Å². The Kier molecular flexibility index (Phi) is 12.8. The van der Waals surface area contributed by atoms with Gasteiger partial charge in [0.2, 0.25) is 0 Å². The zero-order valence-corrected chi connectivity index (χ0v) is 12.1. The fraction of sp³-hybridized carbons (Fsp3) is 0.765. The van der Waals surface area contributed by atoms with Crippen LogP contribution < -0.4 is 0 Å². The van der Waals surface area contributed by atoms with Crippen molar-refractivity contribution in [3.8, 4) is 11.8 Å². The van der Waals surface area contributed by atoms with Crippen molar-refractivity contribution >= 4 is 0 Å². The second-order valence-electron chi connectivity index (χ2n) is 4.91. The predicted molar refractivity (Wildman–Crippen MR) is 79.0 cm³/mol. The van der Waals surface area contributed by atoms with E-state index in [1.807, 2.05) is 0 Å². The summed E-state index contributed by atoms with van der Waals surface area (Å²) in [6.45, 7) is 6.71. The Labute approximate surface area is 109 Å². The first-order chi connectivity index (χ1) is 8.31. The molecule has 0 aromatic carbocycles. The topological polar surface area (TPSA) is 0 Å². The first kappa shape index (κ1) is 16.3. The van der Waals surface area contributed by atoms with Gasteiger partial charge in [-0.25, -0.2) is 0 Å². The van der Waals surface area contributed by atoms with Crippen LogP contribution in [-0.4, -0.2) is 0 Å². The highest BCUT2D eigenvalue weighted by molar-refractivity contribution is 4.97. The van der Waals surface area contributed by atoms with E-state index in [-0.39, 0.29) is 0 Å². The summed E-state index contributed by atoms with van der Waals surface area (Å²) < 4.78 is 0. The van der Waals surface area contributed by atoms with Crippen molar-refractivity contribution in [1.29, 1.82) is 0 Å². The van der Waals surface area contributed by atoms with E-state index in [4.69, 9.17) is 0 Å². The lowest BCUT2D eigenvalue weighted by Crippen LogP contribution is -1.92. The Bertz CT molecular complexity index is 226. The van der Waals surface area contributed by atoms with Gasteiger partial charge >= 0.3 is 0 Å². The van der Waals surface area contributed by atoms with Crippen LogP contribution in [0.5, 0.6) is 0 Å². The van der Waals surface area contributed by atoms with Gasteiger partial charge in [0, 0.05) is 12.8 Å². The molecule has 0 aromatic heterocycles. The molecule has 0 heteroatoms. The molecule has 0 nitrogen and oxygen atoms in total. The van der Waals surface area contributed by atoms with E-state index >= 15 is 0 Å². The Morgan fingerprint density at radius 2 is 1.82 bits per heavy atom. The first-order valence-corrected chi connectivity index (χ1v) is 7.41. The number of hydrogen-bond donors (Lipinski definition) is 0. The molecule has 0 spiro atoms. The predicted octanol–water partition coefficient (Wildman–Crippen LogP) is 5.73. The third kappa shape index (κ3) is 13.2. The molecule has 0 aromatic rings. The Balaban J connectivity index is 3.29. The van der Waals surface area contributed by atoms with Gasteiger partial charge in [-0.05, 0) is 25.2 Å². The second kappa shape index (κ2) is 13.4. The van der Waals surface area contributed by atoms with Crippen molar-refractivity contribution in [2.75, 3.05) is 0 Å². The summed E-state index contributed by atoms with van der Waals surface area (Å²) >= 11 is 0. The summed E-state index contributed by atoms with van der Waals surface area (Å²) in [6, 6.07) is 0. The number of hydrogen-bond acceptors (Lipinski definition) is 0. The zero-order chi connectivity index (χ0) is 12.8. The second-order valence-corrected chi connectivity index (χ2v) is 4.91. The monoisotopic (exact) mass is 234 g/mol. The molecule has 0 saturated heterocycles. The molecule has 0 rings (SSSR count). The molecule has 17 heavy (non-hydrogen) atoms. The number of allylic oxidation sites excluding steroid dienone is 2. The first-order valence-electron chi connectivity index (χ1n) is 7.41. The maximum atomic E-state index is 3.21. The maximum absolute atomic E-state index is 3.21. The third-order valence-electron chi connectivity index (χ3n) is 2.96. The average molecular weight is 234 g/mol. The number of unbranched alkanes of at least 4 members (excludes halogenated alkanes) is 4. The van der Waals surface area contributed by atoms with Crippen LogP contribution in [0.1, 0.15) is 78.6 Å². The molecule has 0 radical (unpaired) electrons. The van der Waals surface area contributed by atoms with Crippen LogP contribution >= 0.6 is 0 Å². The van der Waals surface area contributed by atoms with E-state index in [0.29, 0.717) is 0 Å². The van der Waals surface area contributed by atoms with Gasteiger partial charge in [-0.3, -0.25) is 0 Å². The molecule has 0 saturated carbocycles. The summed E-state index contributed by atoms with van der Waals surface area (Å²) in [6.07, 6.45) is 15.9. The molecule has 0 amide bonds. The third-order valence-corrected chi connectivity index (χ3v) is 2.96. The van der Waals surface area contributed by atoms with Crippen molar-refractivity contribution in [1.82, 2.24) is 0 Å². The Morgan fingerprint density at radius 1 is 1.00 bits per heavy atom. The lowest BCUT2D eigenvalue weighted by molar-refractivity contribution is 0.497. The van der Waals surface area contributed by atoms with Crippen molar-refractivity contribution < 1.29 is 0 Å². The summed E-state index contributed by atoms with van der Waals surface area (Å²) in [5.41, 5.74) is 0. The van der Waals surface area contributed by atoms with E-state index in [9.17, 15) is 0 Å². The van der Waals surface area contributed by atoms with E-state index in [2.05, 4.69) is 44.8 Å². The minimum atomic E-state index is 0.852. The quantitative estimate of drug-likeness (QED) is 0.271. The molecule has 98 valence electrons. The fourth-order valence-corrected chi connectivity index (χ4v) is 1.83. The van der Waals surface area contributed by atoms with Crippen LogP contribution in [0.4, 0.5) is 0 Å². The van der Waals surface area contributed by atoms with Gasteiger partial charge in [0.15, 0.2) is 0 Å². The normalized spacial score (nSPS) is 12.4. The summed E-state index contributed by atoms with van der Waals surface area (Å²) in [4.78, 5) is 0. The molecular formula is C17H30. The van der Waals surface area contributed by atoms with Gasteiger partial charge in [-0.1, -0.05) is 58.6 Å². The number of rotatable bonds is 9. The smallest absolute Gasteiger partial charge is 0.00886 e. The highest BCUT2D eigenvalue weighted by atomic mass is 14.0. The molecule has 0 bridgehead atoms. The molecule has 1 atom stereocenters. The van der Waals surface area contributed by atoms with Crippen LogP contribution in [0.15, 0.2) is 12.2 Å². The molecular weight excluding hydrogens is 204 g/mol. The highest BCUT2D eigenvalue weighted by Gasteiger charge is 1.98. The SMILES string of the molecule is CCC#CCCCCCC(C)CC=CCCC. The van der Waals surface area contributed by atoms with E-state index in [1.165, 1.54) is 44.9 Å². The zero-order valence-electron chi connectivity index (χ0n) is 12.1. The summed E-state index contributed by atoms with van der Waals surface area (Å²) in [5, 5.41) is 0.